The molecule has 0 fully saturated rings. The Morgan fingerprint density at radius 1 is 1.12 bits per heavy atom. The normalized spacial score (nSPS) is 29.0. The molecule has 0 bridgehead atoms. The van der Waals surface area contributed by atoms with Crippen molar-refractivity contribution in [3.05, 3.63) is 60.4 Å². The first-order chi connectivity index (χ1) is 7.83. The van der Waals surface area contributed by atoms with Crippen LogP contribution in [0.4, 0.5) is 0 Å². The van der Waals surface area contributed by atoms with Crippen molar-refractivity contribution in [1.29, 1.82) is 0 Å². The molecular weight excluding hydrogens is 198 g/mol. The first-order valence-electron chi connectivity index (χ1n) is 5.49. The summed E-state index contributed by atoms with van der Waals surface area (Å²) >= 11 is 0. The molecule has 0 saturated heterocycles. The first-order valence-corrected chi connectivity index (χ1v) is 5.49. The molecule has 0 radical (unpaired) electrons. The average molecular weight is 217 g/mol. The lowest BCUT2D eigenvalue weighted by Gasteiger charge is -2.13. The topological polar surface area (TPSA) is 21.3 Å². The third-order valence-electron chi connectivity index (χ3n) is 2.16. The zero-order chi connectivity index (χ0) is 11.6. The Balaban J connectivity index is 2.68. The molecular formula is C14H19NO. The highest BCUT2D eigenvalue weighted by Gasteiger charge is 1.97. The van der Waals surface area contributed by atoms with E-state index in [4.69, 9.17) is 4.74 Å². The molecule has 0 aromatic carbocycles. The fraction of sp³-hybridized carbons (Fsp3) is 0.286. The van der Waals surface area contributed by atoms with E-state index in [0.29, 0.717) is 0 Å². The molecule has 0 heterocycles. The van der Waals surface area contributed by atoms with Crippen LogP contribution >= 0.6 is 0 Å². The fourth-order valence-corrected chi connectivity index (χ4v) is 1.24. The van der Waals surface area contributed by atoms with E-state index in [9.17, 15) is 0 Å². The van der Waals surface area contributed by atoms with Gasteiger partial charge in [0.1, 0.15) is 6.23 Å². The van der Waals surface area contributed by atoms with Crippen molar-refractivity contribution in [3.63, 3.8) is 0 Å². The molecule has 0 aromatic rings. The Kier molecular flexibility index (Phi) is 6.04. The molecule has 0 spiro atoms. The van der Waals surface area contributed by atoms with Crippen LogP contribution in [0.3, 0.4) is 0 Å². The number of nitrogens with one attached hydrogen (secondary N) is 1. The molecule has 1 rings (SSSR count). The summed E-state index contributed by atoms with van der Waals surface area (Å²) in [6.07, 6.45) is 19.3. The molecule has 1 N–H and O–H groups in total. The molecule has 2 nitrogen and oxygen atoms in total. The van der Waals surface area contributed by atoms with E-state index < -0.39 is 0 Å². The number of hydrogen-bond donors (Lipinski definition) is 1. The number of methoxy groups -OCH3 is 1. The number of ether oxygens (including phenoxy) is 1. The third kappa shape index (κ3) is 5.37. The van der Waals surface area contributed by atoms with Crippen LogP contribution in [0.2, 0.25) is 0 Å². The van der Waals surface area contributed by atoms with Gasteiger partial charge in [-0.2, -0.15) is 0 Å². The Labute approximate surface area is 97.7 Å². The summed E-state index contributed by atoms with van der Waals surface area (Å²) in [7, 11) is 1.69. The molecule has 0 aromatic heterocycles. The van der Waals surface area contributed by atoms with Crippen molar-refractivity contribution in [3.8, 4) is 0 Å². The van der Waals surface area contributed by atoms with Gasteiger partial charge in [-0.3, -0.25) is 0 Å². The van der Waals surface area contributed by atoms with Gasteiger partial charge in [0.05, 0.1) is 0 Å². The van der Waals surface area contributed by atoms with Gasteiger partial charge >= 0.3 is 0 Å². The van der Waals surface area contributed by atoms with Gasteiger partial charge in [-0.25, -0.2) is 0 Å². The van der Waals surface area contributed by atoms with E-state index in [1.165, 1.54) is 0 Å². The van der Waals surface area contributed by atoms with Crippen LogP contribution in [0.15, 0.2) is 60.4 Å². The van der Waals surface area contributed by atoms with Gasteiger partial charge < -0.3 is 10.1 Å². The summed E-state index contributed by atoms with van der Waals surface area (Å²) in [5.74, 6) is 0. The minimum atomic E-state index is 0.0205. The maximum atomic E-state index is 5.17. The van der Waals surface area contributed by atoms with Crippen molar-refractivity contribution in [1.82, 2.24) is 5.32 Å². The number of rotatable bonds is 3. The highest BCUT2D eigenvalue weighted by Crippen LogP contribution is 2.01. The van der Waals surface area contributed by atoms with E-state index in [1.54, 1.807) is 7.11 Å². The van der Waals surface area contributed by atoms with Crippen LogP contribution in [-0.2, 0) is 4.74 Å². The van der Waals surface area contributed by atoms with Crippen LogP contribution in [0.25, 0.3) is 0 Å². The molecule has 0 amide bonds. The maximum absolute atomic E-state index is 5.17. The van der Waals surface area contributed by atoms with Crippen LogP contribution in [0.5, 0.6) is 0 Å². The predicted octanol–water partition coefficient (Wildman–Crippen LogP) is 3.08. The molecule has 1 unspecified atom stereocenters. The van der Waals surface area contributed by atoms with E-state index in [2.05, 4.69) is 17.5 Å². The van der Waals surface area contributed by atoms with Crippen molar-refractivity contribution in [2.24, 2.45) is 0 Å². The standard InChI is InChI=1S/C14H19NO/c1-13(16-2)15-14-11-9-7-5-3-4-6-8-10-12-14/h3-9,11-13,15H,10H2,1-2H3/b4-3-,7-5-,8-6-,11-9+,14-12+. The zero-order valence-corrected chi connectivity index (χ0v) is 9.89. The molecule has 0 saturated carbocycles. The predicted molar refractivity (Wildman–Crippen MR) is 68.9 cm³/mol. The van der Waals surface area contributed by atoms with Crippen LogP contribution in [-0.4, -0.2) is 13.3 Å². The van der Waals surface area contributed by atoms with Gasteiger partial charge in [0, 0.05) is 12.8 Å². The number of allylic oxidation sites excluding steroid dienone is 9. The molecule has 2 heteroatoms. The van der Waals surface area contributed by atoms with Crippen LogP contribution in [0.1, 0.15) is 13.3 Å². The SMILES string of the molecule is COC(C)NC1=C\C\C=C/C=C\C=C/C=C/1. The van der Waals surface area contributed by atoms with Crippen LogP contribution in [0, 0.1) is 0 Å². The Morgan fingerprint density at radius 2 is 1.81 bits per heavy atom. The van der Waals surface area contributed by atoms with Crippen molar-refractivity contribution < 1.29 is 4.74 Å². The van der Waals surface area contributed by atoms with E-state index >= 15 is 0 Å². The summed E-state index contributed by atoms with van der Waals surface area (Å²) in [5, 5.41) is 3.27. The summed E-state index contributed by atoms with van der Waals surface area (Å²) in [5.41, 5.74) is 1.07. The van der Waals surface area contributed by atoms with Gasteiger partial charge in [-0.15, -0.1) is 0 Å². The van der Waals surface area contributed by atoms with Gasteiger partial charge in [0.25, 0.3) is 0 Å². The van der Waals surface area contributed by atoms with E-state index in [-0.39, 0.29) is 6.23 Å². The summed E-state index contributed by atoms with van der Waals surface area (Å²) in [6.45, 7) is 1.98. The second kappa shape index (κ2) is 7.71. The summed E-state index contributed by atoms with van der Waals surface area (Å²) in [4.78, 5) is 0. The van der Waals surface area contributed by atoms with Crippen molar-refractivity contribution in [2.45, 2.75) is 19.6 Å². The van der Waals surface area contributed by atoms with Crippen LogP contribution < -0.4 is 5.32 Å². The molecule has 0 aliphatic heterocycles. The number of hydrogen-bond acceptors (Lipinski definition) is 2. The fourth-order valence-electron chi connectivity index (χ4n) is 1.24. The lowest BCUT2D eigenvalue weighted by molar-refractivity contribution is 0.0993. The largest absolute Gasteiger partial charge is 0.362 e. The molecule has 1 aliphatic carbocycles. The Morgan fingerprint density at radius 3 is 2.56 bits per heavy atom. The molecule has 1 atom stereocenters. The minimum Gasteiger partial charge on any atom is -0.362 e. The lowest BCUT2D eigenvalue weighted by Crippen LogP contribution is -2.26. The summed E-state index contributed by atoms with van der Waals surface area (Å²) < 4.78 is 5.17. The molecule has 1 aliphatic rings. The zero-order valence-electron chi connectivity index (χ0n) is 9.89. The summed E-state index contributed by atoms with van der Waals surface area (Å²) in [6, 6.07) is 0. The smallest absolute Gasteiger partial charge is 0.124 e. The average Bonchev–Trinajstić information content (AvgIpc) is 2.35. The second-order valence-electron chi connectivity index (χ2n) is 3.47. The van der Waals surface area contributed by atoms with E-state index in [0.717, 1.165) is 12.1 Å². The van der Waals surface area contributed by atoms with Gasteiger partial charge in [-0.05, 0) is 19.4 Å². The molecule has 16 heavy (non-hydrogen) atoms. The highest BCUT2D eigenvalue weighted by atomic mass is 16.5. The van der Waals surface area contributed by atoms with Gasteiger partial charge in [0.15, 0.2) is 0 Å². The third-order valence-corrected chi connectivity index (χ3v) is 2.16. The highest BCUT2D eigenvalue weighted by molar-refractivity contribution is 5.25. The minimum absolute atomic E-state index is 0.0205. The molecule has 86 valence electrons. The van der Waals surface area contributed by atoms with Gasteiger partial charge in [-0.1, -0.05) is 48.6 Å². The Hall–Kier alpha value is -1.54. The maximum Gasteiger partial charge on any atom is 0.124 e. The van der Waals surface area contributed by atoms with Crippen molar-refractivity contribution >= 4 is 0 Å². The van der Waals surface area contributed by atoms with Gasteiger partial charge in [0.2, 0.25) is 0 Å². The van der Waals surface area contributed by atoms with Crippen molar-refractivity contribution in [2.75, 3.05) is 7.11 Å². The first kappa shape index (κ1) is 12.5. The second-order valence-corrected chi connectivity index (χ2v) is 3.47. The Bertz CT molecular complexity index is 335. The monoisotopic (exact) mass is 217 g/mol. The van der Waals surface area contributed by atoms with E-state index in [1.807, 2.05) is 49.5 Å². The quantitative estimate of drug-likeness (QED) is 0.733. The lowest BCUT2D eigenvalue weighted by atomic mass is 10.2.